The average Bonchev–Trinajstić information content (AvgIpc) is 3.23. The van der Waals surface area contributed by atoms with Gasteiger partial charge in [-0.15, -0.1) is 11.3 Å². The monoisotopic (exact) mass is 420 g/mol. The zero-order valence-electron chi connectivity index (χ0n) is 17.1. The Labute approximate surface area is 180 Å². The summed E-state index contributed by atoms with van der Waals surface area (Å²) in [5.41, 5.74) is 3.44. The molecular weight excluding hydrogens is 396 g/mol. The van der Waals surface area contributed by atoms with Crippen LogP contribution < -0.4 is 10.2 Å². The number of hydrogen-bond acceptors (Lipinski definition) is 9. The quantitative estimate of drug-likeness (QED) is 0.645. The van der Waals surface area contributed by atoms with Crippen molar-refractivity contribution >= 4 is 28.1 Å². The van der Waals surface area contributed by atoms with Crippen molar-refractivity contribution in [2.45, 2.75) is 31.8 Å². The fraction of sp³-hybridized carbons (Fsp3) is 0.381. The topological polar surface area (TPSA) is 93.9 Å². The number of rotatable bonds is 6. The van der Waals surface area contributed by atoms with Gasteiger partial charge in [-0.2, -0.15) is 5.26 Å². The lowest BCUT2D eigenvalue weighted by Gasteiger charge is -2.34. The Balaban J connectivity index is 1.45. The Morgan fingerprint density at radius 3 is 2.73 bits per heavy atom. The normalized spacial score (nSPS) is 16.8. The molecule has 1 atom stereocenters. The van der Waals surface area contributed by atoms with Gasteiger partial charge in [0.25, 0.3) is 0 Å². The van der Waals surface area contributed by atoms with E-state index in [0.717, 1.165) is 47.5 Å². The van der Waals surface area contributed by atoms with Gasteiger partial charge in [0.1, 0.15) is 11.8 Å². The van der Waals surface area contributed by atoms with E-state index in [1.165, 1.54) is 12.8 Å². The van der Waals surface area contributed by atoms with Crippen LogP contribution in [-0.4, -0.2) is 45.5 Å². The van der Waals surface area contributed by atoms with Crippen LogP contribution in [0.2, 0.25) is 0 Å². The van der Waals surface area contributed by atoms with E-state index in [2.05, 4.69) is 30.5 Å². The van der Waals surface area contributed by atoms with E-state index >= 15 is 0 Å². The van der Waals surface area contributed by atoms with Gasteiger partial charge in [0, 0.05) is 44.0 Å². The molecule has 3 aromatic heterocycles. The summed E-state index contributed by atoms with van der Waals surface area (Å²) in [6.07, 6.45) is 8.98. The summed E-state index contributed by atoms with van der Waals surface area (Å²) in [5.74, 6) is 0.724. The Morgan fingerprint density at radius 2 is 2.03 bits per heavy atom. The van der Waals surface area contributed by atoms with Gasteiger partial charge in [-0.05, 0) is 31.5 Å². The number of anilines is 3. The highest BCUT2D eigenvalue weighted by Gasteiger charge is 2.26. The molecule has 1 N–H and O–H groups in total. The molecule has 0 aromatic carbocycles. The Bertz CT molecular complexity index is 1010. The maximum absolute atomic E-state index is 8.88. The van der Waals surface area contributed by atoms with Crippen LogP contribution in [0.25, 0.3) is 0 Å². The molecule has 8 nitrogen and oxygen atoms in total. The third-order valence-electron chi connectivity index (χ3n) is 5.08. The number of likely N-dealkylation sites (tertiary alicyclic amines) is 1. The molecule has 1 aliphatic rings. The molecule has 0 aliphatic carbocycles. The van der Waals surface area contributed by atoms with E-state index in [4.69, 9.17) is 10.2 Å². The summed E-state index contributed by atoms with van der Waals surface area (Å²) >= 11 is 1.59. The minimum atomic E-state index is 0.290. The molecule has 0 amide bonds. The van der Waals surface area contributed by atoms with Crippen molar-refractivity contribution in [3.05, 3.63) is 53.1 Å². The number of hydrogen-bond donors (Lipinski definition) is 1. The predicted molar refractivity (Wildman–Crippen MR) is 118 cm³/mol. The maximum atomic E-state index is 8.88. The van der Waals surface area contributed by atoms with Crippen LogP contribution >= 0.6 is 11.3 Å². The molecule has 154 valence electrons. The first-order valence-electron chi connectivity index (χ1n) is 9.93. The zero-order chi connectivity index (χ0) is 20.9. The van der Waals surface area contributed by atoms with E-state index in [1.54, 1.807) is 23.6 Å². The second-order valence-corrected chi connectivity index (χ2v) is 8.37. The molecule has 4 rings (SSSR count). The van der Waals surface area contributed by atoms with Crippen molar-refractivity contribution in [3.8, 4) is 6.07 Å². The molecule has 0 bridgehead atoms. The molecule has 1 aliphatic heterocycles. The second kappa shape index (κ2) is 9.15. The lowest BCUT2D eigenvalue weighted by molar-refractivity contribution is 0.137. The van der Waals surface area contributed by atoms with Crippen molar-refractivity contribution in [2.75, 3.05) is 30.9 Å². The van der Waals surface area contributed by atoms with Gasteiger partial charge in [-0.25, -0.2) is 19.9 Å². The van der Waals surface area contributed by atoms with E-state index < -0.39 is 0 Å². The number of thiazole rings is 1. The third-order valence-corrected chi connectivity index (χ3v) is 5.86. The predicted octanol–water partition coefficient (Wildman–Crippen LogP) is 3.74. The smallest absolute Gasteiger partial charge is 0.224 e. The molecule has 1 fully saturated rings. The summed E-state index contributed by atoms with van der Waals surface area (Å²) in [6, 6.07) is 5.86. The van der Waals surface area contributed by atoms with E-state index in [1.807, 2.05) is 43.5 Å². The Morgan fingerprint density at radius 1 is 1.20 bits per heavy atom. The van der Waals surface area contributed by atoms with Crippen LogP contribution in [-0.2, 0) is 6.54 Å². The number of nitrogens with one attached hydrogen (secondary N) is 1. The molecule has 1 unspecified atom stereocenters. The second-order valence-electron chi connectivity index (χ2n) is 7.51. The van der Waals surface area contributed by atoms with Crippen LogP contribution in [0.15, 0.2) is 36.1 Å². The van der Waals surface area contributed by atoms with Crippen molar-refractivity contribution in [3.63, 3.8) is 0 Å². The lowest BCUT2D eigenvalue weighted by atomic mass is 9.99. The third kappa shape index (κ3) is 4.72. The molecule has 4 heterocycles. The van der Waals surface area contributed by atoms with E-state index in [0.29, 0.717) is 5.69 Å². The van der Waals surface area contributed by atoms with Gasteiger partial charge in [0.05, 0.1) is 23.6 Å². The van der Waals surface area contributed by atoms with Gasteiger partial charge in [0.2, 0.25) is 5.95 Å². The number of aromatic nitrogens is 4. The molecule has 0 spiro atoms. The van der Waals surface area contributed by atoms with E-state index in [-0.39, 0.29) is 6.04 Å². The maximum Gasteiger partial charge on any atom is 0.224 e. The summed E-state index contributed by atoms with van der Waals surface area (Å²) < 4.78 is 0. The molecular formula is C21H24N8S. The first-order chi connectivity index (χ1) is 14.6. The van der Waals surface area contributed by atoms with Crippen LogP contribution in [0.5, 0.6) is 0 Å². The first-order valence-corrected chi connectivity index (χ1v) is 10.8. The van der Waals surface area contributed by atoms with Crippen molar-refractivity contribution < 1.29 is 0 Å². The fourth-order valence-electron chi connectivity index (χ4n) is 3.56. The van der Waals surface area contributed by atoms with E-state index in [9.17, 15) is 0 Å². The van der Waals surface area contributed by atoms with Gasteiger partial charge in [0.15, 0.2) is 5.13 Å². The lowest BCUT2D eigenvalue weighted by Crippen LogP contribution is -2.33. The van der Waals surface area contributed by atoms with Gasteiger partial charge >= 0.3 is 0 Å². The number of nitrogens with zero attached hydrogens (tertiary/aromatic N) is 7. The SMILES string of the molecule is CN(C)c1ncc(CN2CCCCC2c2csc(Nc3ccc(C#N)nc3)n2)cn1. The molecule has 0 saturated carbocycles. The van der Waals surface area contributed by atoms with Crippen LogP contribution in [0, 0.1) is 11.3 Å². The number of nitriles is 1. The Kier molecular flexibility index (Phi) is 6.16. The minimum Gasteiger partial charge on any atom is -0.347 e. The van der Waals surface area contributed by atoms with Crippen LogP contribution in [0.1, 0.15) is 42.3 Å². The number of piperidine rings is 1. The van der Waals surface area contributed by atoms with Crippen molar-refractivity contribution in [1.29, 1.82) is 5.26 Å². The standard InChI is InChI=1S/C21H24N8S/c1-28(2)20-24-10-15(11-25-20)13-29-8-4-3-5-19(29)18-14-30-21(27-18)26-17-7-6-16(9-22)23-12-17/h6-7,10-12,14,19H,3-5,8,13H2,1-2H3,(H,26,27). The molecule has 1 saturated heterocycles. The summed E-state index contributed by atoms with van der Waals surface area (Å²) in [7, 11) is 3.88. The largest absolute Gasteiger partial charge is 0.347 e. The molecule has 30 heavy (non-hydrogen) atoms. The highest BCUT2D eigenvalue weighted by atomic mass is 32.1. The summed E-state index contributed by atoms with van der Waals surface area (Å²) in [6.45, 7) is 1.86. The molecule has 3 aromatic rings. The molecule has 0 radical (unpaired) electrons. The highest BCUT2D eigenvalue weighted by molar-refractivity contribution is 7.13. The minimum absolute atomic E-state index is 0.290. The Hall–Kier alpha value is -3.09. The zero-order valence-corrected chi connectivity index (χ0v) is 17.9. The van der Waals surface area contributed by atoms with Crippen LogP contribution in [0.3, 0.4) is 0 Å². The van der Waals surface area contributed by atoms with Crippen molar-refractivity contribution in [2.24, 2.45) is 0 Å². The van der Waals surface area contributed by atoms with Gasteiger partial charge in [-0.1, -0.05) is 6.42 Å². The van der Waals surface area contributed by atoms with Crippen LogP contribution in [0.4, 0.5) is 16.8 Å². The first kappa shape index (κ1) is 20.2. The summed E-state index contributed by atoms with van der Waals surface area (Å²) in [4.78, 5) is 22.2. The average molecular weight is 421 g/mol. The van der Waals surface area contributed by atoms with Crippen molar-refractivity contribution in [1.82, 2.24) is 24.8 Å². The number of pyridine rings is 1. The van der Waals surface area contributed by atoms with Gasteiger partial charge in [-0.3, -0.25) is 4.90 Å². The highest BCUT2D eigenvalue weighted by Crippen LogP contribution is 2.34. The fourth-order valence-corrected chi connectivity index (χ4v) is 4.34. The molecule has 9 heteroatoms. The summed E-state index contributed by atoms with van der Waals surface area (Å²) in [5, 5.41) is 15.1. The van der Waals surface area contributed by atoms with Gasteiger partial charge < -0.3 is 10.2 Å².